The number of fused-ring (bicyclic) bond motifs is 1. The van der Waals surface area contributed by atoms with Gasteiger partial charge in [0.2, 0.25) is 6.10 Å². The quantitative estimate of drug-likeness (QED) is 0.834. The zero-order valence-electron chi connectivity index (χ0n) is 14.7. The van der Waals surface area contributed by atoms with Crippen LogP contribution in [0.2, 0.25) is 0 Å². The van der Waals surface area contributed by atoms with Crippen LogP contribution in [0, 0.1) is 0 Å². The smallest absolute Gasteiger partial charge is 0.351 e. The summed E-state index contributed by atoms with van der Waals surface area (Å²) in [6.45, 7) is 3.82. The van der Waals surface area contributed by atoms with Crippen molar-refractivity contribution in [1.82, 2.24) is 0 Å². The Labute approximate surface area is 152 Å². The molecule has 6 nitrogen and oxygen atoms in total. The van der Waals surface area contributed by atoms with Crippen LogP contribution in [0.15, 0.2) is 48.5 Å². The van der Waals surface area contributed by atoms with Crippen molar-refractivity contribution >= 4 is 17.6 Å². The fourth-order valence-electron chi connectivity index (χ4n) is 2.54. The lowest BCUT2D eigenvalue weighted by Crippen LogP contribution is -2.39. The average Bonchev–Trinajstić information content (AvgIpc) is 2.66. The molecule has 1 N–H and O–H groups in total. The molecule has 0 spiro atoms. The first-order valence-corrected chi connectivity index (χ1v) is 8.48. The van der Waals surface area contributed by atoms with E-state index in [0.29, 0.717) is 23.1 Å². The van der Waals surface area contributed by atoms with Gasteiger partial charge in [-0.15, -0.1) is 0 Å². The number of esters is 1. The average molecular weight is 355 g/mol. The van der Waals surface area contributed by atoms with Crippen molar-refractivity contribution in [1.29, 1.82) is 0 Å². The molecule has 1 amide bonds. The maximum absolute atomic E-state index is 12.1. The molecule has 0 radical (unpaired) electrons. The van der Waals surface area contributed by atoms with Crippen LogP contribution < -0.4 is 14.8 Å². The van der Waals surface area contributed by atoms with Gasteiger partial charge in [0.25, 0.3) is 5.91 Å². The fourth-order valence-corrected chi connectivity index (χ4v) is 2.54. The summed E-state index contributed by atoms with van der Waals surface area (Å²) < 4.78 is 16.1. The molecular weight excluding hydrogens is 334 g/mol. The second-order valence-electron chi connectivity index (χ2n) is 6.30. The summed E-state index contributed by atoms with van der Waals surface area (Å²) in [6.07, 6.45) is -0.887. The molecule has 26 heavy (non-hydrogen) atoms. The van der Waals surface area contributed by atoms with E-state index in [1.165, 1.54) is 0 Å². The Kier molecular flexibility index (Phi) is 5.41. The van der Waals surface area contributed by atoms with Crippen LogP contribution >= 0.6 is 0 Å². The number of ether oxygens (including phenoxy) is 3. The number of hydrogen-bond acceptors (Lipinski definition) is 5. The van der Waals surface area contributed by atoms with E-state index >= 15 is 0 Å². The molecule has 6 heteroatoms. The molecule has 1 atom stereocenters. The Morgan fingerprint density at radius 1 is 1.15 bits per heavy atom. The van der Waals surface area contributed by atoms with Crippen LogP contribution in [0.1, 0.15) is 25.3 Å². The Morgan fingerprint density at radius 2 is 1.92 bits per heavy atom. The monoisotopic (exact) mass is 355 g/mol. The first-order chi connectivity index (χ1) is 12.5. The predicted octanol–water partition coefficient (Wildman–Crippen LogP) is 3.13. The van der Waals surface area contributed by atoms with E-state index in [-0.39, 0.29) is 13.2 Å². The lowest BCUT2D eigenvalue weighted by Gasteiger charge is -2.24. The molecule has 0 saturated carbocycles. The van der Waals surface area contributed by atoms with E-state index in [1.54, 1.807) is 24.3 Å². The highest BCUT2D eigenvalue weighted by Crippen LogP contribution is 2.31. The van der Waals surface area contributed by atoms with Crippen molar-refractivity contribution in [2.45, 2.75) is 25.9 Å². The van der Waals surface area contributed by atoms with Crippen LogP contribution in [0.25, 0.3) is 0 Å². The Morgan fingerprint density at radius 3 is 2.69 bits per heavy atom. The number of amides is 1. The SMILES string of the molecule is CC(C)c1cccc(NC(=O)COC(=O)C2COc3ccccc3O2)c1. The minimum absolute atomic E-state index is 0.0495. The van der Waals surface area contributed by atoms with Crippen molar-refractivity contribution in [3.8, 4) is 11.5 Å². The molecule has 2 aromatic rings. The maximum atomic E-state index is 12.1. The summed E-state index contributed by atoms with van der Waals surface area (Å²) in [5.74, 6) is 0.382. The van der Waals surface area contributed by atoms with E-state index < -0.39 is 18.0 Å². The third kappa shape index (κ3) is 4.33. The second-order valence-corrected chi connectivity index (χ2v) is 6.30. The summed E-state index contributed by atoms with van der Waals surface area (Å²) in [5.41, 5.74) is 1.79. The van der Waals surface area contributed by atoms with E-state index in [0.717, 1.165) is 5.56 Å². The van der Waals surface area contributed by atoms with E-state index in [2.05, 4.69) is 19.2 Å². The zero-order chi connectivity index (χ0) is 18.5. The Balaban J connectivity index is 1.50. The number of carbonyl (C=O) groups is 2. The number of hydrogen-bond donors (Lipinski definition) is 1. The van der Waals surface area contributed by atoms with Gasteiger partial charge in [0, 0.05) is 5.69 Å². The minimum atomic E-state index is -0.887. The molecule has 136 valence electrons. The number of anilines is 1. The summed E-state index contributed by atoms with van der Waals surface area (Å²) in [6, 6.07) is 14.6. The first-order valence-electron chi connectivity index (χ1n) is 8.48. The van der Waals surface area contributed by atoms with Gasteiger partial charge in [0.15, 0.2) is 18.1 Å². The summed E-state index contributed by atoms with van der Waals surface area (Å²) in [4.78, 5) is 24.1. The molecule has 1 aliphatic heterocycles. The van der Waals surface area contributed by atoms with Gasteiger partial charge < -0.3 is 19.5 Å². The normalized spacial score (nSPS) is 15.4. The lowest BCUT2D eigenvalue weighted by molar-refractivity contribution is -0.156. The van der Waals surface area contributed by atoms with Gasteiger partial charge in [-0.1, -0.05) is 38.1 Å². The standard InChI is InChI=1S/C20H21NO5/c1-13(2)14-6-5-7-15(10-14)21-19(22)12-25-20(23)18-11-24-16-8-3-4-9-17(16)26-18/h3-10,13,18H,11-12H2,1-2H3,(H,21,22). The van der Waals surface area contributed by atoms with Crippen LogP contribution in [0.4, 0.5) is 5.69 Å². The predicted molar refractivity (Wildman–Crippen MR) is 96.5 cm³/mol. The van der Waals surface area contributed by atoms with Crippen molar-refractivity contribution in [2.24, 2.45) is 0 Å². The summed E-state index contributed by atoms with van der Waals surface area (Å²) in [5, 5.41) is 2.72. The maximum Gasteiger partial charge on any atom is 0.351 e. The van der Waals surface area contributed by atoms with Gasteiger partial charge in [-0.2, -0.15) is 0 Å². The highest BCUT2D eigenvalue weighted by atomic mass is 16.6. The zero-order valence-corrected chi connectivity index (χ0v) is 14.7. The number of rotatable bonds is 5. The largest absolute Gasteiger partial charge is 0.485 e. The highest BCUT2D eigenvalue weighted by molar-refractivity contribution is 5.93. The first kappa shape index (κ1) is 17.8. The molecule has 3 rings (SSSR count). The molecule has 1 unspecified atom stereocenters. The topological polar surface area (TPSA) is 73.9 Å². The molecule has 2 aromatic carbocycles. The van der Waals surface area contributed by atoms with Gasteiger partial charge in [0.05, 0.1) is 0 Å². The Hall–Kier alpha value is -3.02. The van der Waals surface area contributed by atoms with Crippen LogP contribution in [0.5, 0.6) is 11.5 Å². The van der Waals surface area contributed by atoms with E-state index in [4.69, 9.17) is 14.2 Å². The van der Waals surface area contributed by atoms with E-state index in [1.807, 2.05) is 24.3 Å². The summed E-state index contributed by atoms with van der Waals surface area (Å²) in [7, 11) is 0. The van der Waals surface area contributed by atoms with Crippen molar-refractivity contribution in [3.63, 3.8) is 0 Å². The number of nitrogens with one attached hydrogen (secondary N) is 1. The third-order valence-corrected chi connectivity index (χ3v) is 3.95. The number of para-hydroxylation sites is 2. The summed E-state index contributed by atoms with van der Waals surface area (Å²) >= 11 is 0. The Bertz CT molecular complexity index is 802. The minimum Gasteiger partial charge on any atom is -0.485 e. The van der Waals surface area contributed by atoms with Crippen LogP contribution in [0.3, 0.4) is 0 Å². The van der Waals surface area contributed by atoms with Gasteiger partial charge in [0.1, 0.15) is 6.61 Å². The van der Waals surface area contributed by atoms with E-state index in [9.17, 15) is 9.59 Å². The molecule has 0 aliphatic carbocycles. The number of carbonyl (C=O) groups excluding carboxylic acids is 2. The van der Waals surface area contributed by atoms with Crippen molar-refractivity contribution in [2.75, 3.05) is 18.5 Å². The molecule has 1 heterocycles. The fraction of sp³-hybridized carbons (Fsp3) is 0.300. The van der Waals surface area contributed by atoms with Crippen molar-refractivity contribution < 1.29 is 23.8 Å². The third-order valence-electron chi connectivity index (χ3n) is 3.95. The van der Waals surface area contributed by atoms with Crippen LogP contribution in [-0.4, -0.2) is 31.2 Å². The molecule has 0 aromatic heterocycles. The van der Waals surface area contributed by atoms with Crippen molar-refractivity contribution in [3.05, 3.63) is 54.1 Å². The highest BCUT2D eigenvalue weighted by Gasteiger charge is 2.29. The molecule has 0 fully saturated rings. The second kappa shape index (κ2) is 7.91. The van der Waals surface area contributed by atoms with Crippen LogP contribution in [-0.2, 0) is 14.3 Å². The molecule has 0 bridgehead atoms. The molecule has 0 saturated heterocycles. The van der Waals surface area contributed by atoms with Gasteiger partial charge in [-0.3, -0.25) is 4.79 Å². The molecule has 1 aliphatic rings. The van der Waals surface area contributed by atoms with Gasteiger partial charge in [-0.25, -0.2) is 4.79 Å². The van der Waals surface area contributed by atoms with Gasteiger partial charge >= 0.3 is 5.97 Å². The lowest BCUT2D eigenvalue weighted by atomic mass is 10.0. The van der Waals surface area contributed by atoms with Gasteiger partial charge in [-0.05, 0) is 35.7 Å². The number of benzene rings is 2. The molecular formula is C20H21NO5.